The molecule has 2 N–H and O–H groups in total. The van der Waals surface area contributed by atoms with Gasteiger partial charge in [-0.05, 0) is 75.8 Å². The summed E-state index contributed by atoms with van der Waals surface area (Å²) < 4.78 is 0. The number of hydrogen-bond donors (Lipinski definition) is 1. The van der Waals surface area contributed by atoms with Crippen LogP contribution in [0.4, 0.5) is 5.69 Å². The number of rotatable bonds is 3. The molecule has 0 heterocycles. The van der Waals surface area contributed by atoms with Crippen molar-refractivity contribution in [2.75, 3.05) is 5.73 Å². The van der Waals surface area contributed by atoms with Crippen molar-refractivity contribution in [2.24, 2.45) is 0 Å². The van der Waals surface area contributed by atoms with E-state index in [1.807, 2.05) is 56.3 Å². The predicted octanol–water partition coefficient (Wildman–Crippen LogP) is 10.5. The fraction of sp³-hybridized carbons (Fsp3) is 0.0526. The third kappa shape index (κ3) is 7.56. The molecule has 0 unspecified atom stereocenters. The lowest BCUT2D eigenvalue weighted by Crippen LogP contribution is -1.89. The molecule has 4 aromatic carbocycles. The Labute approximate surface area is 232 Å². The van der Waals surface area contributed by atoms with Crippen LogP contribution >= 0.6 is 0 Å². The van der Waals surface area contributed by atoms with Gasteiger partial charge < -0.3 is 5.73 Å². The molecule has 0 spiro atoms. The van der Waals surface area contributed by atoms with Crippen LogP contribution in [-0.2, 0) is 0 Å². The van der Waals surface area contributed by atoms with Crippen molar-refractivity contribution in [3.05, 3.63) is 169 Å². The number of aryl methyl sites for hydroxylation is 1. The van der Waals surface area contributed by atoms with E-state index < -0.39 is 0 Å². The van der Waals surface area contributed by atoms with E-state index in [0.29, 0.717) is 0 Å². The smallest absolute Gasteiger partial charge is 0.0344 e. The minimum atomic E-state index is 0.806. The van der Waals surface area contributed by atoms with E-state index in [1.54, 1.807) is 0 Å². The summed E-state index contributed by atoms with van der Waals surface area (Å²) in [4.78, 5) is 0. The van der Waals surface area contributed by atoms with E-state index in [-0.39, 0.29) is 0 Å². The van der Waals surface area contributed by atoms with Crippen LogP contribution in [0, 0.1) is 6.92 Å². The van der Waals surface area contributed by atoms with Gasteiger partial charge >= 0.3 is 0 Å². The van der Waals surface area contributed by atoms with Gasteiger partial charge in [-0.1, -0.05) is 146 Å². The lowest BCUT2D eigenvalue weighted by molar-refractivity contribution is 1.47. The first-order valence-electron chi connectivity index (χ1n) is 13.3. The van der Waals surface area contributed by atoms with Gasteiger partial charge in [0.15, 0.2) is 0 Å². The lowest BCUT2D eigenvalue weighted by Gasteiger charge is -2.06. The van der Waals surface area contributed by atoms with Crippen molar-refractivity contribution < 1.29 is 0 Å². The summed E-state index contributed by atoms with van der Waals surface area (Å²) >= 11 is 0. The average Bonchev–Trinajstić information content (AvgIpc) is 2.95. The molecule has 0 aliphatic rings. The Kier molecular flexibility index (Phi) is 9.86. The third-order valence-electron chi connectivity index (χ3n) is 6.42. The highest BCUT2D eigenvalue weighted by Crippen LogP contribution is 2.28. The summed E-state index contributed by atoms with van der Waals surface area (Å²) in [5, 5.41) is 4.83. The number of fused-ring (bicyclic) bond motifs is 3. The maximum absolute atomic E-state index is 6.06. The van der Waals surface area contributed by atoms with Gasteiger partial charge in [0, 0.05) is 5.69 Å². The number of allylic oxidation sites excluding steroid dienone is 3. The quantitative estimate of drug-likeness (QED) is 0.217. The van der Waals surface area contributed by atoms with Crippen LogP contribution in [0.2, 0.25) is 0 Å². The predicted molar refractivity (Wildman–Crippen MR) is 173 cm³/mol. The molecule has 0 fully saturated rings. The molecule has 4 aromatic rings. The molecule has 39 heavy (non-hydrogen) atoms. The summed E-state index contributed by atoms with van der Waals surface area (Å²) in [6.45, 7) is 4.07. The molecule has 0 saturated carbocycles. The van der Waals surface area contributed by atoms with Gasteiger partial charge in [0.2, 0.25) is 0 Å². The zero-order chi connectivity index (χ0) is 27.3. The zero-order valence-corrected chi connectivity index (χ0v) is 22.7. The van der Waals surface area contributed by atoms with Crippen LogP contribution in [0.5, 0.6) is 0 Å². The standard InChI is InChI=1S/C38H35N/c1-3-4-12-21-33-29-34-22-14-10-8-6-5-7-9-13-19-31(32-26-27-38(39)30(2)28-32)20-15-11-16-23-35(34)37-25-18-17-24-36(33)37/h3-29H,39H2,1-2H3/b4-3-,6-5?,7-5?,8-6?,9-7?,10-8?,13-9?,14-10?,15-11?,16-11?,19-13?,20-15?,21-12-,22-14?,23-16?,31-19?,31-20?,34-22?,35-23?. The Balaban J connectivity index is 1.96. The van der Waals surface area contributed by atoms with E-state index in [9.17, 15) is 0 Å². The summed E-state index contributed by atoms with van der Waals surface area (Å²) in [5.74, 6) is 0. The van der Waals surface area contributed by atoms with E-state index in [1.165, 1.54) is 27.1 Å². The van der Waals surface area contributed by atoms with Crippen LogP contribution in [0.1, 0.15) is 18.1 Å². The Morgan fingerprint density at radius 2 is 1.08 bits per heavy atom. The Morgan fingerprint density at radius 1 is 0.513 bits per heavy atom. The summed E-state index contributed by atoms with van der Waals surface area (Å²) in [7, 11) is 0. The molecule has 0 bridgehead atoms. The van der Waals surface area contributed by atoms with Gasteiger partial charge in [-0.2, -0.15) is 0 Å². The van der Waals surface area contributed by atoms with Crippen molar-refractivity contribution in [1.82, 2.24) is 0 Å². The minimum Gasteiger partial charge on any atom is -0.399 e. The zero-order valence-electron chi connectivity index (χ0n) is 22.7. The number of anilines is 1. The summed E-state index contributed by atoms with van der Waals surface area (Å²) in [5.41, 5.74) is 11.4. The molecule has 0 aliphatic heterocycles. The van der Waals surface area contributed by atoms with Crippen molar-refractivity contribution in [1.29, 1.82) is 0 Å². The molecule has 0 radical (unpaired) electrons. The molecule has 1 heteroatoms. The molecule has 0 aromatic heterocycles. The van der Waals surface area contributed by atoms with Crippen molar-refractivity contribution >= 4 is 33.3 Å². The largest absolute Gasteiger partial charge is 0.399 e. The molecule has 0 atom stereocenters. The maximum Gasteiger partial charge on any atom is 0.0344 e. The minimum absolute atomic E-state index is 0.806. The second-order valence-corrected chi connectivity index (χ2v) is 9.21. The molecule has 0 amide bonds. The second kappa shape index (κ2) is 14.2. The van der Waals surface area contributed by atoms with E-state index in [2.05, 4.69) is 121 Å². The first kappa shape index (κ1) is 27.2. The number of nitrogens with two attached hydrogens (primary N) is 1. The second-order valence-electron chi connectivity index (χ2n) is 9.21. The SMILES string of the molecule is C/C=C\C=C/c1cc2ccccccccccc(-c3ccc(N)c(C)c3)cccccc2c2ccccc12. The Morgan fingerprint density at radius 3 is 1.77 bits per heavy atom. The molecule has 0 saturated heterocycles. The summed E-state index contributed by atoms with van der Waals surface area (Å²) in [6, 6.07) is 48.3. The van der Waals surface area contributed by atoms with Gasteiger partial charge in [-0.25, -0.2) is 0 Å². The van der Waals surface area contributed by atoms with Crippen LogP contribution in [0.15, 0.2) is 158 Å². The average molecular weight is 506 g/mol. The van der Waals surface area contributed by atoms with E-state index in [4.69, 9.17) is 5.73 Å². The lowest BCUT2D eigenvalue weighted by atomic mass is 9.98. The normalized spacial score (nSPS) is 10.7. The highest BCUT2D eigenvalue weighted by atomic mass is 14.5. The van der Waals surface area contributed by atoms with Crippen LogP contribution < -0.4 is 5.73 Å². The first-order chi connectivity index (χ1) is 19.2. The topological polar surface area (TPSA) is 26.0 Å². The fourth-order valence-corrected chi connectivity index (χ4v) is 4.36. The molecular weight excluding hydrogens is 470 g/mol. The highest BCUT2D eigenvalue weighted by Gasteiger charge is 2.02. The first-order valence-corrected chi connectivity index (χ1v) is 13.3. The van der Waals surface area contributed by atoms with Gasteiger partial charge in [0.05, 0.1) is 0 Å². The third-order valence-corrected chi connectivity index (χ3v) is 6.42. The number of benzene rings is 3. The fourth-order valence-electron chi connectivity index (χ4n) is 4.36. The number of nitrogen functional groups attached to an aromatic ring is 1. The van der Waals surface area contributed by atoms with Gasteiger partial charge in [-0.15, -0.1) is 0 Å². The Bertz CT molecular complexity index is 1690. The molecule has 0 aliphatic carbocycles. The van der Waals surface area contributed by atoms with E-state index in [0.717, 1.165) is 22.4 Å². The van der Waals surface area contributed by atoms with Gasteiger partial charge in [0.25, 0.3) is 0 Å². The van der Waals surface area contributed by atoms with Crippen LogP contribution in [0.3, 0.4) is 0 Å². The summed E-state index contributed by atoms with van der Waals surface area (Å²) in [6.07, 6.45) is 8.37. The molecule has 192 valence electrons. The van der Waals surface area contributed by atoms with Gasteiger partial charge in [-0.3, -0.25) is 0 Å². The van der Waals surface area contributed by atoms with Crippen molar-refractivity contribution in [2.45, 2.75) is 13.8 Å². The molecule has 4 rings (SSSR count). The van der Waals surface area contributed by atoms with Crippen molar-refractivity contribution in [3.63, 3.8) is 0 Å². The van der Waals surface area contributed by atoms with Crippen LogP contribution in [0.25, 0.3) is 38.7 Å². The molecule has 1 nitrogen and oxygen atoms in total. The van der Waals surface area contributed by atoms with Crippen molar-refractivity contribution in [3.8, 4) is 11.1 Å². The Hall–Kier alpha value is -4.88. The van der Waals surface area contributed by atoms with Gasteiger partial charge in [0.1, 0.15) is 0 Å². The van der Waals surface area contributed by atoms with E-state index >= 15 is 0 Å². The number of hydrogen-bond acceptors (Lipinski definition) is 1. The maximum atomic E-state index is 6.06. The highest BCUT2D eigenvalue weighted by molar-refractivity contribution is 6.10. The molecular formula is C38H35N. The monoisotopic (exact) mass is 505 g/mol. The van der Waals surface area contributed by atoms with Crippen LogP contribution in [-0.4, -0.2) is 0 Å².